The van der Waals surface area contributed by atoms with Gasteiger partial charge in [-0.2, -0.15) is 0 Å². The Labute approximate surface area is 143 Å². The van der Waals surface area contributed by atoms with Crippen LogP contribution in [0.15, 0.2) is 54.6 Å². The lowest BCUT2D eigenvalue weighted by atomic mass is 10.1. The molecule has 0 radical (unpaired) electrons. The van der Waals surface area contributed by atoms with Gasteiger partial charge in [-0.3, -0.25) is 4.79 Å². The van der Waals surface area contributed by atoms with E-state index in [1.54, 1.807) is 0 Å². The topological polar surface area (TPSA) is 41.1 Å². The summed E-state index contributed by atoms with van der Waals surface area (Å²) in [5, 5.41) is 7.00. The minimum absolute atomic E-state index is 0.0937. The van der Waals surface area contributed by atoms with Gasteiger partial charge in [-0.05, 0) is 42.6 Å². The van der Waals surface area contributed by atoms with E-state index >= 15 is 0 Å². The number of hydrogen-bond donors (Lipinski definition) is 2. The second-order valence-electron chi connectivity index (χ2n) is 5.47. The third kappa shape index (κ3) is 7.31. The summed E-state index contributed by atoms with van der Waals surface area (Å²) in [7, 11) is 0. The number of carbonyl (C=O) groups is 1. The summed E-state index contributed by atoms with van der Waals surface area (Å²) in [5.74, 6) is 0.0937. The first-order valence-corrected chi connectivity index (χ1v) is 8.37. The van der Waals surface area contributed by atoms with Crippen molar-refractivity contribution in [3.8, 4) is 0 Å². The van der Waals surface area contributed by atoms with Crippen molar-refractivity contribution >= 4 is 17.5 Å². The largest absolute Gasteiger partial charge is 0.356 e. The Hall–Kier alpha value is -1.84. The van der Waals surface area contributed by atoms with E-state index in [-0.39, 0.29) is 5.91 Å². The Kier molecular flexibility index (Phi) is 7.64. The van der Waals surface area contributed by atoms with Gasteiger partial charge < -0.3 is 10.6 Å². The fourth-order valence-corrected chi connectivity index (χ4v) is 2.54. The van der Waals surface area contributed by atoms with Gasteiger partial charge in [-0.15, -0.1) is 0 Å². The molecule has 3 nitrogen and oxygen atoms in total. The molecule has 2 rings (SSSR count). The van der Waals surface area contributed by atoms with Crippen molar-refractivity contribution in [3.63, 3.8) is 0 Å². The van der Waals surface area contributed by atoms with Crippen molar-refractivity contribution in [2.75, 3.05) is 19.6 Å². The highest BCUT2D eigenvalue weighted by Crippen LogP contribution is 2.10. The van der Waals surface area contributed by atoms with Crippen LogP contribution in [-0.2, 0) is 17.6 Å². The maximum absolute atomic E-state index is 11.7. The summed E-state index contributed by atoms with van der Waals surface area (Å²) in [6, 6.07) is 18.0. The van der Waals surface area contributed by atoms with Crippen molar-refractivity contribution in [1.82, 2.24) is 10.6 Å². The second kappa shape index (κ2) is 10.0. The number of carbonyl (C=O) groups excluding carboxylic acids is 1. The molecule has 2 N–H and O–H groups in total. The highest BCUT2D eigenvalue weighted by Gasteiger charge is 2.01. The average molecular weight is 331 g/mol. The molecule has 122 valence electrons. The first-order valence-electron chi connectivity index (χ1n) is 8.00. The Morgan fingerprint density at radius 3 is 2.39 bits per heavy atom. The summed E-state index contributed by atoms with van der Waals surface area (Å²) in [6.07, 6.45) is 2.29. The van der Waals surface area contributed by atoms with E-state index in [4.69, 9.17) is 11.6 Å². The summed E-state index contributed by atoms with van der Waals surface area (Å²) in [5.41, 5.74) is 2.45. The van der Waals surface area contributed by atoms with E-state index in [0.717, 1.165) is 24.4 Å². The Balaban J connectivity index is 1.51. The van der Waals surface area contributed by atoms with Crippen LogP contribution in [0.25, 0.3) is 0 Å². The molecule has 0 aliphatic rings. The predicted octanol–water partition coefficient (Wildman–Crippen LogP) is 3.22. The lowest BCUT2D eigenvalue weighted by Crippen LogP contribution is -2.29. The van der Waals surface area contributed by atoms with Crippen LogP contribution in [0.2, 0.25) is 5.02 Å². The Bertz CT molecular complexity index is 601. The zero-order valence-electron chi connectivity index (χ0n) is 13.2. The molecular formula is C19H23ClN2O. The number of nitrogens with one attached hydrogen (secondary N) is 2. The molecule has 0 spiro atoms. The van der Waals surface area contributed by atoms with E-state index in [9.17, 15) is 4.79 Å². The minimum Gasteiger partial charge on any atom is -0.356 e. The van der Waals surface area contributed by atoms with Crippen molar-refractivity contribution in [2.45, 2.75) is 19.3 Å². The van der Waals surface area contributed by atoms with Crippen LogP contribution in [0.1, 0.15) is 17.5 Å². The third-order valence-electron chi connectivity index (χ3n) is 3.59. The van der Waals surface area contributed by atoms with Crippen LogP contribution in [0.3, 0.4) is 0 Å². The molecule has 0 aliphatic heterocycles. The Morgan fingerprint density at radius 1 is 0.870 bits per heavy atom. The van der Waals surface area contributed by atoms with Crippen LogP contribution in [0.5, 0.6) is 0 Å². The van der Waals surface area contributed by atoms with Gasteiger partial charge in [0.25, 0.3) is 0 Å². The van der Waals surface area contributed by atoms with E-state index in [2.05, 4.69) is 28.8 Å². The molecule has 2 aromatic rings. The number of rotatable bonds is 9. The number of benzene rings is 2. The molecule has 0 saturated carbocycles. The van der Waals surface area contributed by atoms with Crippen LogP contribution in [0, 0.1) is 0 Å². The Morgan fingerprint density at radius 2 is 1.61 bits per heavy atom. The van der Waals surface area contributed by atoms with Gasteiger partial charge in [0.2, 0.25) is 5.91 Å². The SMILES string of the molecule is O=C(CCNCCc1cccc(Cl)c1)NCCc1ccccc1. The third-order valence-corrected chi connectivity index (χ3v) is 3.82. The van der Waals surface area contributed by atoms with Crippen molar-refractivity contribution in [3.05, 3.63) is 70.7 Å². The number of amides is 1. The fourth-order valence-electron chi connectivity index (χ4n) is 2.33. The summed E-state index contributed by atoms with van der Waals surface area (Å²) in [6.45, 7) is 2.22. The van der Waals surface area contributed by atoms with Gasteiger partial charge in [0.05, 0.1) is 0 Å². The van der Waals surface area contributed by atoms with E-state index < -0.39 is 0 Å². The van der Waals surface area contributed by atoms with Crippen LogP contribution in [-0.4, -0.2) is 25.5 Å². The van der Waals surface area contributed by atoms with Gasteiger partial charge >= 0.3 is 0 Å². The quantitative estimate of drug-likeness (QED) is 0.693. The summed E-state index contributed by atoms with van der Waals surface area (Å²) < 4.78 is 0. The molecule has 23 heavy (non-hydrogen) atoms. The highest BCUT2D eigenvalue weighted by molar-refractivity contribution is 6.30. The minimum atomic E-state index is 0.0937. The molecule has 1 amide bonds. The fraction of sp³-hybridized carbons (Fsp3) is 0.316. The van der Waals surface area contributed by atoms with Gasteiger partial charge in [-0.25, -0.2) is 0 Å². The number of halogens is 1. The monoisotopic (exact) mass is 330 g/mol. The first-order chi connectivity index (χ1) is 11.2. The molecule has 0 bridgehead atoms. The zero-order chi connectivity index (χ0) is 16.3. The molecule has 0 fully saturated rings. The van der Waals surface area contributed by atoms with Gasteiger partial charge in [-0.1, -0.05) is 54.1 Å². The van der Waals surface area contributed by atoms with E-state index in [1.807, 2.05) is 36.4 Å². The van der Waals surface area contributed by atoms with Gasteiger partial charge in [0.1, 0.15) is 0 Å². The maximum Gasteiger partial charge on any atom is 0.221 e. The molecule has 0 aromatic heterocycles. The van der Waals surface area contributed by atoms with Crippen LogP contribution in [0.4, 0.5) is 0 Å². The van der Waals surface area contributed by atoms with Gasteiger partial charge in [0, 0.05) is 24.5 Å². The number of hydrogen-bond acceptors (Lipinski definition) is 2. The molecule has 4 heteroatoms. The van der Waals surface area contributed by atoms with Crippen molar-refractivity contribution in [2.24, 2.45) is 0 Å². The first kappa shape index (κ1) is 17.5. The van der Waals surface area contributed by atoms with Crippen molar-refractivity contribution < 1.29 is 4.79 Å². The summed E-state index contributed by atoms with van der Waals surface area (Å²) >= 11 is 5.95. The predicted molar refractivity (Wildman–Crippen MR) is 95.8 cm³/mol. The smallest absolute Gasteiger partial charge is 0.221 e. The second-order valence-corrected chi connectivity index (χ2v) is 5.90. The van der Waals surface area contributed by atoms with Crippen molar-refractivity contribution in [1.29, 1.82) is 0 Å². The average Bonchev–Trinajstić information content (AvgIpc) is 2.55. The van der Waals surface area contributed by atoms with Crippen LogP contribution < -0.4 is 10.6 Å². The lowest BCUT2D eigenvalue weighted by molar-refractivity contribution is -0.120. The molecule has 0 aliphatic carbocycles. The van der Waals surface area contributed by atoms with E-state index in [1.165, 1.54) is 11.1 Å². The molecule has 0 atom stereocenters. The van der Waals surface area contributed by atoms with E-state index in [0.29, 0.717) is 19.5 Å². The molecule has 2 aromatic carbocycles. The van der Waals surface area contributed by atoms with Crippen LogP contribution >= 0.6 is 11.6 Å². The molecule has 0 saturated heterocycles. The zero-order valence-corrected chi connectivity index (χ0v) is 14.0. The lowest BCUT2D eigenvalue weighted by Gasteiger charge is -2.07. The normalized spacial score (nSPS) is 10.5. The standard InChI is InChI=1S/C19H23ClN2O/c20-18-8-4-7-17(15-18)9-12-21-13-11-19(23)22-14-10-16-5-2-1-3-6-16/h1-8,15,21H,9-14H2,(H,22,23). The maximum atomic E-state index is 11.7. The molecule has 0 unspecified atom stereocenters. The molecular weight excluding hydrogens is 308 g/mol. The highest BCUT2D eigenvalue weighted by atomic mass is 35.5. The summed E-state index contributed by atoms with van der Waals surface area (Å²) in [4.78, 5) is 11.7. The van der Waals surface area contributed by atoms with Gasteiger partial charge in [0.15, 0.2) is 0 Å². The molecule has 0 heterocycles.